The van der Waals surface area contributed by atoms with Gasteiger partial charge in [-0.3, -0.25) is 10.1 Å². The number of carboxylic acid groups (broad SMARTS) is 1. The molecule has 0 saturated heterocycles. The summed E-state index contributed by atoms with van der Waals surface area (Å²) in [6.07, 6.45) is 0. The normalized spacial score (nSPS) is 10.4. The van der Waals surface area contributed by atoms with Crippen LogP contribution in [0.3, 0.4) is 0 Å². The van der Waals surface area contributed by atoms with Gasteiger partial charge in [0.1, 0.15) is 5.82 Å². The van der Waals surface area contributed by atoms with Crippen LogP contribution in [-0.2, 0) is 0 Å². The Hall–Kier alpha value is -3.68. The number of hydrogen-bond donors (Lipinski definition) is 2. The number of nitro groups is 1. The molecule has 8 nitrogen and oxygen atoms in total. The van der Waals surface area contributed by atoms with Crippen LogP contribution < -0.4 is 5.32 Å². The van der Waals surface area contributed by atoms with Gasteiger partial charge in [0.15, 0.2) is 0 Å². The Labute approximate surface area is 142 Å². The molecule has 0 aliphatic rings. The van der Waals surface area contributed by atoms with Crippen LogP contribution in [0.5, 0.6) is 0 Å². The number of non-ortho nitro benzene ring substituents is 1. The first-order chi connectivity index (χ1) is 12.0. The number of aryl methyl sites for hydroxylation is 1. The number of nitro benzene ring substituents is 1. The number of hydrogen-bond acceptors (Lipinski definition) is 5. The molecular weight excluding hydrogens is 324 g/mol. The van der Waals surface area contributed by atoms with Crippen molar-refractivity contribution in [2.75, 3.05) is 5.32 Å². The highest BCUT2D eigenvalue weighted by Crippen LogP contribution is 2.25. The maximum Gasteiger partial charge on any atom is 0.337 e. The minimum absolute atomic E-state index is 0.0532. The van der Waals surface area contributed by atoms with Crippen molar-refractivity contribution in [3.63, 3.8) is 0 Å². The summed E-state index contributed by atoms with van der Waals surface area (Å²) in [5.41, 5.74) is 1.65. The maximum absolute atomic E-state index is 11.4. The average Bonchev–Trinajstić information content (AvgIpc) is 2.95. The monoisotopic (exact) mass is 338 g/mol. The molecule has 8 heteroatoms. The van der Waals surface area contributed by atoms with E-state index in [9.17, 15) is 20.0 Å². The summed E-state index contributed by atoms with van der Waals surface area (Å²) < 4.78 is 1.50. The minimum Gasteiger partial charge on any atom is -0.478 e. The third-order valence-electron chi connectivity index (χ3n) is 3.54. The predicted molar refractivity (Wildman–Crippen MR) is 91.6 cm³/mol. The van der Waals surface area contributed by atoms with E-state index >= 15 is 0 Å². The standard InChI is InChI=1S/C17H14N4O4/c1-11-9-16(18-15-8-3-2-7-14(15)17(22)23)20(19-11)12-5-4-6-13(10-12)21(24)25/h2-10,18H,1H3,(H,22,23). The van der Waals surface area contributed by atoms with Gasteiger partial charge in [0.2, 0.25) is 0 Å². The summed E-state index contributed by atoms with van der Waals surface area (Å²) in [5, 5.41) is 27.7. The molecule has 126 valence electrons. The molecule has 0 fully saturated rings. The molecule has 0 spiro atoms. The Bertz CT molecular complexity index is 965. The van der Waals surface area contributed by atoms with Crippen molar-refractivity contribution in [1.29, 1.82) is 0 Å². The van der Waals surface area contributed by atoms with Gasteiger partial charge >= 0.3 is 5.97 Å². The first-order valence-electron chi connectivity index (χ1n) is 7.36. The Morgan fingerprint density at radius 3 is 2.68 bits per heavy atom. The second-order valence-corrected chi connectivity index (χ2v) is 5.34. The molecule has 1 heterocycles. The van der Waals surface area contributed by atoms with Crippen LogP contribution in [-0.4, -0.2) is 25.8 Å². The van der Waals surface area contributed by atoms with Crippen LogP contribution in [0.1, 0.15) is 16.1 Å². The molecule has 0 bridgehead atoms. The summed E-state index contributed by atoms with van der Waals surface area (Å²) in [4.78, 5) is 21.9. The zero-order valence-corrected chi connectivity index (χ0v) is 13.2. The van der Waals surface area contributed by atoms with E-state index in [2.05, 4.69) is 10.4 Å². The third kappa shape index (κ3) is 3.32. The van der Waals surface area contributed by atoms with Crippen LogP contribution in [0, 0.1) is 17.0 Å². The van der Waals surface area contributed by atoms with E-state index in [1.807, 2.05) is 0 Å². The average molecular weight is 338 g/mol. The van der Waals surface area contributed by atoms with Crippen molar-refractivity contribution in [2.45, 2.75) is 6.92 Å². The first-order valence-corrected chi connectivity index (χ1v) is 7.36. The summed E-state index contributed by atoms with van der Waals surface area (Å²) >= 11 is 0. The van der Waals surface area contributed by atoms with Gasteiger partial charge < -0.3 is 10.4 Å². The van der Waals surface area contributed by atoms with Gasteiger partial charge in [-0.25, -0.2) is 9.48 Å². The van der Waals surface area contributed by atoms with Crippen molar-refractivity contribution in [1.82, 2.24) is 9.78 Å². The van der Waals surface area contributed by atoms with E-state index in [0.29, 0.717) is 22.9 Å². The summed E-state index contributed by atoms with van der Waals surface area (Å²) in [6.45, 7) is 1.78. The molecule has 3 aromatic rings. The molecule has 0 unspecified atom stereocenters. The van der Waals surface area contributed by atoms with Gasteiger partial charge in [0.25, 0.3) is 5.69 Å². The molecule has 2 N–H and O–H groups in total. The van der Waals surface area contributed by atoms with E-state index in [1.54, 1.807) is 43.3 Å². The summed E-state index contributed by atoms with van der Waals surface area (Å²) in [7, 11) is 0. The molecule has 2 aromatic carbocycles. The van der Waals surface area contributed by atoms with Crippen LogP contribution in [0.15, 0.2) is 54.6 Å². The van der Waals surface area contributed by atoms with Crippen LogP contribution in [0.2, 0.25) is 0 Å². The predicted octanol–water partition coefficient (Wildman–Crippen LogP) is 3.53. The van der Waals surface area contributed by atoms with Crippen LogP contribution >= 0.6 is 0 Å². The Kier molecular flexibility index (Phi) is 4.17. The third-order valence-corrected chi connectivity index (χ3v) is 3.54. The van der Waals surface area contributed by atoms with Crippen molar-refractivity contribution < 1.29 is 14.8 Å². The summed E-state index contributed by atoms with van der Waals surface area (Å²) in [6, 6.07) is 14.3. The van der Waals surface area contributed by atoms with Crippen molar-refractivity contribution in [3.05, 3.63) is 76.0 Å². The molecule has 1 aromatic heterocycles. The van der Waals surface area contributed by atoms with Crippen LogP contribution in [0.25, 0.3) is 5.69 Å². The van der Waals surface area contributed by atoms with E-state index in [4.69, 9.17) is 0 Å². The molecular formula is C17H14N4O4. The Balaban J connectivity index is 2.04. The van der Waals surface area contributed by atoms with E-state index in [0.717, 1.165) is 0 Å². The molecule has 25 heavy (non-hydrogen) atoms. The maximum atomic E-state index is 11.4. The minimum atomic E-state index is -1.05. The summed E-state index contributed by atoms with van der Waals surface area (Å²) in [5.74, 6) is -0.548. The molecule has 0 saturated carbocycles. The van der Waals surface area contributed by atoms with Gasteiger partial charge in [-0.1, -0.05) is 18.2 Å². The fraction of sp³-hybridized carbons (Fsp3) is 0.0588. The lowest BCUT2D eigenvalue weighted by atomic mass is 10.2. The number of carbonyl (C=O) groups is 1. The Morgan fingerprint density at radius 1 is 1.20 bits per heavy atom. The largest absolute Gasteiger partial charge is 0.478 e. The number of benzene rings is 2. The number of carboxylic acids is 1. The molecule has 0 atom stereocenters. The van der Waals surface area contributed by atoms with E-state index < -0.39 is 10.9 Å². The smallest absolute Gasteiger partial charge is 0.337 e. The quantitative estimate of drug-likeness (QED) is 0.544. The fourth-order valence-corrected chi connectivity index (χ4v) is 2.44. The SMILES string of the molecule is Cc1cc(Nc2ccccc2C(=O)O)n(-c2cccc([N+](=O)[O-])c2)n1. The Morgan fingerprint density at radius 2 is 1.96 bits per heavy atom. The number of anilines is 2. The zero-order chi connectivity index (χ0) is 18.0. The van der Waals surface area contributed by atoms with E-state index in [-0.39, 0.29) is 11.3 Å². The lowest BCUT2D eigenvalue weighted by Crippen LogP contribution is -2.06. The molecule has 0 aliphatic heterocycles. The number of nitrogens with zero attached hydrogens (tertiary/aromatic N) is 3. The second-order valence-electron chi connectivity index (χ2n) is 5.34. The molecule has 0 amide bonds. The topological polar surface area (TPSA) is 110 Å². The molecule has 0 radical (unpaired) electrons. The number of nitrogens with one attached hydrogen (secondary N) is 1. The number of rotatable bonds is 5. The highest BCUT2D eigenvalue weighted by molar-refractivity contribution is 5.95. The van der Waals surface area contributed by atoms with Crippen molar-refractivity contribution >= 4 is 23.2 Å². The van der Waals surface area contributed by atoms with E-state index in [1.165, 1.54) is 22.9 Å². The molecule has 3 rings (SSSR count). The number of aromatic carboxylic acids is 1. The van der Waals surface area contributed by atoms with Crippen LogP contribution in [0.4, 0.5) is 17.2 Å². The van der Waals surface area contributed by atoms with Crippen molar-refractivity contribution in [3.8, 4) is 5.69 Å². The van der Waals surface area contributed by atoms with Gasteiger partial charge in [-0.05, 0) is 25.1 Å². The lowest BCUT2D eigenvalue weighted by Gasteiger charge is -2.11. The van der Waals surface area contributed by atoms with Gasteiger partial charge in [0, 0.05) is 18.2 Å². The van der Waals surface area contributed by atoms with Crippen molar-refractivity contribution in [2.24, 2.45) is 0 Å². The molecule has 0 aliphatic carbocycles. The lowest BCUT2D eigenvalue weighted by molar-refractivity contribution is -0.384. The highest BCUT2D eigenvalue weighted by Gasteiger charge is 2.14. The number of aromatic nitrogens is 2. The van der Waals surface area contributed by atoms with Gasteiger partial charge in [0.05, 0.1) is 27.6 Å². The van der Waals surface area contributed by atoms with Gasteiger partial charge in [-0.15, -0.1) is 0 Å². The second kappa shape index (κ2) is 6.44. The first kappa shape index (κ1) is 16.2. The fourth-order valence-electron chi connectivity index (χ4n) is 2.44. The van der Waals surface area contributed by atoms with Gasteiger partial charge in [-0.2, -0.15) is 5.10 Å². The zero-order valence-electron chi connectivity index (χ0n) is 13.2. The highest BCUT2D eigenvalue weighted by atomic mass is 16.6. The number of para-hydroxylation sites is 1.